The Balaban J connectivity index is 1.90. The van der Waals surface area contributed by atoms with Gasteiger partial charge in [-0.15, -0.1) is 0 Å². The highest BCUT2D eigenvalue weighted by Crippen LogP contribution is 2.25. The first-order chi connectivity index (χ1) is 9.76. The Morgan fingerprint density at radius 2 is 1.80 bits per heavy atom. The molecule has 0 bridgehead atoms. The number of nitrogens with zero attached hydrogens (tertiary/aromatic N) is 1. The molecule has 0 atom stereocenters. The van der Waals surface area contributed by atoms with Crippen LogP contribution in [0.15, 0.2) is 54.6 Å². The second kappa shape index (κ2) is 5.31. The Morgan fingerprint density at radius 1 is 1.00 bits per heavy atom. The number of rotatable bonds is 3. The van der Waals surface area contributed by atoms with Gasteiger partial charge in [-0.1, -0.05) is 36.4 Å². The predicted molar refractivity (Wildman–Crippen MR) is 80.9 cm³/mol. The van der Waals surface area contributed by atoms with Crippen molar-refractivity contribution >= 4 is 10.8 Å². The molecule has 3 aromatic rings. The summed E-state index contributed by atoms with van der Waals surface area (Å²) in [6.07, 6.45) is 0. The SMILES string of the molecule is Cc1nc(Oc2ccc3ccccc3c2)ccc1CN. The van der Waals surface area contributed by atoms with E-state index in [1.807, 2.05) is 49.4 Å². The first-order valence-corrected chi connectivity index (χ1v) is 6.59. The smallest absolute Gasteiger partial charge is 0.219 e. The molecule has 3 nitrogen and oxygen atoms in total. The van der Waals surface area contributed by atoms with E-state index < -0.39 is 0 Å². The normalized spacial score (nSPS) is 10.7. The quantitative estimate of drug-likeness (QED) is 0.782. The third kappa shape index (κ3) is 2.49. The Morgan fingerprint density at radius 3 is 2.55 bits per heavy atom. The molecule has 3 rings (SSSR count). The number of pyridine rings is 1. The zero-order valence-corrected chi connectivity index (χ0v) is 11.3. The minimum Gasteiger partial charge on any atom is -0.439 e. The fourth-order valence-electron chi connectivity index (χ4n) is 2.19. The maximum Gasteiger partial charge on any atom is 0.219 e. The largest absolute Gasteiger partial charge is 0.439 e. The third-order valence-corrected chi connectivity index (χ3v) is 3.33. The fourth-order valence-corrected chi connectivity index (χ4v) is 2.19. The molecule has 0 spiro atoms. The second-order valence-electron chi connectivity index (χ2n) is 4.71. The zero-order chi connectivity index (χ0) is 13.9. The van der Waals surface area contributed by atoms with Gasteiger partial charge in [0.05, 0.1) is 0 Å². The van der Waals surface area contributed by atoms with Crippen molar-refractivity contribution in [1.82, 2.24) is 4.98 Å². The molecule has 0 saturated carbocycles. The van der Waals surface area contributed by atoms with Gasteiger partial charge in [0.15, 0.2) is 0 Å². The third-order valence-electron chi connectivity index (χ3n) is 3.33. The number of fused-ring (bicyclic) bond motifs is 1. The van der Waals surface area contributed by atoms with Crippen LogP contribution >= 0.6 is 0 Å². The maximum atomic E-state index is 5.81. The van der Waals surface area contributed by atoms with E-state index in [9.17, 15) is 0 Å². The molecule has 0 saturated heterocycles. The molecule has 2 aromatic carbocycles. The number of hydrogen-bond acceptors (Lipinski definition) is 3. The van der Waals surface area contributed by atoms with Crippen LogP contribution in [0.1, 0.15) is 11.3 Å². The van der Waals surface area contributed by atoms with Crippen LogP contribution in [0.2, 0.25) is 0 Å². The monoisotopic (exact) mass is 264 g/mol. The van der Waals surface area contributed by atoms with E-state index in [-0.39, 0.29) is 0 Å². The van der Waals surface area contributed by atoms with Gasteiger partial charge in [-0.2, -0.15) is 0 Å². The van der Waals surface area contributed by atoms with Crippen molar-refractivity contribution in [2.45, 2.75) is 13.5 Å². The number of hydrogen-bond donors (Lipinski definition) is 1. The van der Waals surface area contributed by atoms with Crippen LogP contribution in [0, 0.1) is 6.92 Å². The topological polar surface area (TPSA) is 48.1 Å². The molecule has 0 unspecified atom stereocenters. The van der Waals surface area contributed by atoms with E-state index in [1.165, 1.54) is 5.39 Å². The summed E-state index contributed by atoms with van der Waals surface area (Å²) in [5.74, 6) is 1.38. The Bertz CT molecular complexity index is 753. The van der Waals surface area contributed by atoms with Gasteiger partial charge in [0.25, 0.3) is 0 Å². The summed E-state index contributed by atoms with van der Waals surface area (Å²) >= 11 is 0. The van der Waals surface area contributed by atoms with Crippen LogP contribution < -0.4 is 10.5 Å². The molecule has 0 aliphatic heterocycles. The number of aromatic nitrogens is 1. The highest BCUT2D eigenvalue weighted by molar-refractivity contribution is 5.83. The number of ether oxygens (including phenoxy) is 1. The molecule has 1 aromatic heterocycles. The molecular weight excluding hydrogens is 248 g/mol. The predicted octanol–water partition coefficient (Wildman–Crippen LogP) is 3.79. The lowest BCUT2D eigenvalue weighted by Crippen LogP contribution is -2.01. The molecular formula is C17H16N2O. The average molecular weight is 264 g/mol. The summed E-state index contributed by atoms with van der Waals surface area (Å²) in [5.41, 5.74) is 7.58. The van der Waals surface area contributed by atoms with Crippen molar-refractivity contribution in [3.8, 4) is 11.6 Å². The van der Waals surface area contributed by atoms with E-state index in [1.54, 1.807) is 0 Å². The van der Waals surface area contributed by atoms with Crippen molar-refractivity contribution in [2.24, 2.45) is 5.73 Å². The van der Waals surface area contributed by atoms with Gasteiger partial charge in [0.1, 0.15) is 5.75 Å². The van der Waals surface area contributed by atoms with Gasteiger partial charge in [-0.3, -0.25) is 0 Å². The van der Waals surface area contributed by atoms with E-state index in [4.69, 9.17) is 10.5 Å². The minimum absolute atomic E-state index is 0.495. The molecule has 2 N–H and O–H groups in total. The van der Waals surface area contributed by atoms with Crippen molar-refractivity contribution in [3.05, 3.63) is 65.9 Å². The van der Waals surface area contributed by atoms with Crippen LogP contribution in [0.5, 0.6) is 11.6 Å². The number of nitrogens with two attached hydrogens (primary N) is 1. The van der Waals surface area contributed by atoms with E-state index >= 15 is 0 Å². The first kappa shape index (κ1) is 12.6. The van der Waals surface area contributed by atoms with Crippen molar-refractivity contribution < 1.29 is 4.74 Å². The molecule has 1 heterocycles. The molecule has 100 valence electrons. The second-order valence-corrected chi connectivity index (χ2v) is 4.71. The maximum absolute atomic E-state index is 5.81. The van der Waals surface area contributed by atoms with Crippen molar-refractivity contribution in [2.75, 3.05) is 0 Å². The van der Waals surface area contributed by atoms with Crippen molar-refractivity contribution in [1.29, 1.82) is 0 Å². The summed E-state index contributed by atoms with van der Waals surface area (Å²) in [5, 5.41) is 2.35. The van der Waals surface area contributed by atoms with Crippen molar-refractivity contribution in [3.63, 3.8) is 0 Å². The van der Waals surface area contributed by atoms with Crippen LogP contribution in [0.3, 0.4) is 0 Å². The van der Waals surface area contributed by atoms with Crippen LogP contribution in [-0.4, -0.2) is 4.98 Å². The Labute approximate surface area is 118 Å². The van der Waals surface area contributed by atoms with Gasteiger partial charge < -0.3 is 10.5 Å². The summed E-state index contributed by atoms with van der Waals surface area (Å²) in [6, 6.07) is 18.0. The van der Waals surface area contributed by atoms with Gasteiger partial charge in [0.2, 0.25) is 5.88 Å². The summed E-state index contributed by atoms with van der Waals surface area (Å²) in [7, 11) is 0. The molecule has 20 heavy (non-hydrogen) atoms. The summed E-state index contributed by atoms with van der Waals surface area (Å²) in [4.78, 5) is 4.42. The molecule has 0 radical (unpaired) electrons. The number of benzene rings is 2. The van der Waals surface area contributed by atoms with E-state index in [2.05, 4.69) is 17.1 Å². The zero-order valence-electron chi connectivity index (χ0n) is 11.3. The fraction of sp³-hybridized carbons (Fsp3) is 0.118. The van der Waals surface area contributed by atoms with Crippen LogP contribution in [0.4, 0.5) is 0 Å². The Hall–Kier alpha value is -2.39. The lowest BCUT2D eigenvalue weighted by molar-refractivity contribution is 0.462. The van der Waals surface area contributed by atoms with Crippen LogP contribution in [-0.2, 0) is 6.54 Å². The lowest BCUT2D eigenvalue weighted by atomic mass is 10.1. The van der Waals surface area contributed by atoms with Gasteiger partial charge >= 0.3 is 0 Å². The summed E-state index contributed by atoms with van der Waals surface area (Å²) in [6.45, 7) is 2.44. The molecule has 0 aliphatic carbocycles. The number of aryl methyl sites for hydroxylation is 1. The molecule has 0 fully saturated rings. The lowest BCUT2D eigenvalue weighted by Gasteiger charge is -2.08. The summed E-state index contributed by atoms with van der Waals surface area (Å²) < 4.78 is 5.81. The van der Waals surface area contributed by atoms with Gasteiger partial charge in [-0.25, -0.2) is 4.98 Å². The van der Waals surface area contributed by atoms with E-state index in [0.29, 0.717) is 12.4 Å². The van der Waals surface area contributed by atoms with Gasteiger partial charge in [-0.05, 0) is 35.4 Å². The van der Waals surface area contributed by atoms with Crippen LogP contribution in [0.25, 0.3) is 10.8 Å². The molecule has 0 aliphatic rings. The standard InChI is InChI=1S/C17H16N2O/c1-12-15(11-18)7-9-17(19-12)20-16-8-6-13-4-2-3-5-14(13)10-16/h2-10H,11,18H2,1H3. The molecule has 0 amide bonds. The Kier molecular flexibility index (Phi) is 3.35. The molecule has 3 heteroatoms. The highest BCUT2D eigenvalue weighted by atomic mass is 16.5. The highest BCUT2D eigenvalue weighted by Gasteiger charge is 2.03. The van der Waals surface area contributed by atoms with E-state index in [0.717, 1.165) is 22.4 Å². The van der Waals surface area contributed by atoms with Gasteiger partial charge in [0, 0.05) is 18.3 Å². The first-order valence-electron chi connectivity index (χ1n) is 6.59. The minimum atomic E-state index is 0.495. The average Bonchev–Trinajstić information content (AvgIpc) is 2.47.